The molecule has 0 aromatic heterocycles. The smallest absolute Gasteiger partial charge is 0.254 e. The summed E-state index contributed by atoms with van der Waals surface area (Å²) in [7, 11) is -0.148. The summed E-state index contributed by atoms with van der Waals surface area (Å²) in [5, 5.41) is 3.06. The fourth-order valence-electron chi connectivity index (χ4n) is 3.26. The highest BCUT2D eigenvalue weighted by Crippen LogP contribution is 2.28. The average Bonchev–Trinajstić information content (AvgIpc) is 3.08. The number of sulfonamides is 1. The number of nitrogens with zero attached hydrogens (tertiary/aromatic N) is 2. The number of carbonyl (C=O) groups is 1. The van der Waals surface area contributed by atoms with Gasteiger partial charge in [-0.25, -0.2) is 8.42 Å². The zero-order chi connectivity index (χ0) is 18.4. The van der Waals surface area contributed by atoms with Crippen molar-refractivity contribution in [3.8, 4) is 0 Å². The van der Waals surface area contributed by atoms with Crippen LogP contribution >= 0.6 is 0 Å². The Morgan fingerprint density at radius 3 is 2.76 bits per heavy atom. The summed E-state index contributed by atoms with van der Waals surface area (Å²) in [4.78, 5) is 14.5. The third-order valence-corrected chi connectivity index (χ3v) is 6.67. The Balaban J connectivity index is 2.34. The lowest BCUT2D eigenvalue weighted by Crippen LogP contribution is -2.41. The monoisotopic (exact) mass is 367 g/mol. The number of rotatable bonds is 8. The third-order valence-electron chi connectivity index (χ3n) is 4.66. The molecular formula is C18H29N3O3S. The van der Waals surface area contributed by atoms with E-state index in [0.29, 0.717) is 19.6 Å². The number of hydrogen-bond acceptors (Lipinski definition) is 4. The Morgan fingerprint density at radius 1 is 1.36 bits per heavy atom. The molecule has 6 nitrogen and oxygen atoms in total. The van der Waals surface area contributed by atoms with Gasteiger partial charge in [-0.15, -0.1) is 0 Å². The molecule has 1 atom stereocenters. The fourth-order valence-corrected chi connectivity index (χ4v) is 5.14. The minimum absolute atomic E-state index is 0.0593. The first-order valence-corrected chi connectivity index (χ1v) is 10.4. The number of hydrogen-bond donors (Lipinski definition) is 1. The van der Waals surface area contributed by atoms with Crippen molar-refractivity contribution < 1.29 is 13.2 Å². The minimum Gasteiger partial charge on any atom is -0.342 e. The van der Waals surface area contributed by atoms with E-state index in [9.17, 15) is 13.2 Å². The van der Waals surface area contributed by atoms with Gasteiger partial charge >= 0.3 is 0 Å². The lowest BCUT2D eigenvalue weighted by molar-refractivity contribution is 0.0789. The van der Waals surface area contributed by atoms with E-state index in [2.05, 4.69) is 12.2 Å². The van der Waals surface area contributed by atoms with Gasteiger partial charge in [0.25, 0.3) is 5.91 Å². The van der Waals surface area contributed by atoms with Crippen LogP contribution in [0.4, 0.5) is 0 Å². The Hall–Kier alpha value is -1.44. The van der Waals surface area contributed by atoms with E-state index in [1.807, 2.05) is 7.05 Å². The SMILES string of the molecule is CCCCN(C)C(=O)c1ccccc1S(=O)(=O)N1CCCC1CNC. The average molecular weight is 368 g/mol. The highest BCUT2D eigenvalue weighted by atomic mass is 32.2. The molecule has 1 amide bonds. The molecule has 7 heteroatoms. The number of nitrogens with one attached hydrogen (secondary N) is 1. The largest absolute Gasteiger partial charge is 0.342 e. The maximum atomic E-state index is 13.2. The molecule has 1 unspecified atom stereocenters. The van der Waals surface area contributed by atoms with Gasteiger partial charge in [0.1, 0.15) is 0 Å². The van der Waals surface area contributed by atoms with Gasteiger partial charge in [0.05, 0.1) is 10.5 Å². The lowest BCUT2D eigenvalue weighted by Gasteiger charge is -2.25. The first-order chi connectivity index (χ1) is 11.9. The molecule has 0 aliphatic carbocycles. The van der Waals surface area contributed by atoms with Crippen LogP contribution in [0, 0.1) is 0 Å². The minimum atomic E-state index is -3.69. The van der Waals surface area contributed by atoms with Crippen molar-refractivity contribution in [3.05, 3.63) is 29.8 Å². The Morgan fingerprint density at radius 2 is 2.08 bits per heavy atom. The van der Waals surface area contributed by atoms with Crippen molar-refractivity contribution in [2.45, 2.75) is 43.5 Å². The number of amides is 1. The molecule has 1 aromatic carbocycles. The molecule has 2 rings (SSSR count). The first-order valence-electron chi connectivity index (χ1n) is 8.94. The molecule has 0 saturated carbocycles. The molecule has 1 heterocycles. The molecule has 0 bridgehead atoms. The van der Waals surface area contributed by atoms with Gasteiger partial charge in [0.15, 0.2) is 0 Å². The molecule has 1 aromatic rings. The molecule has 1 aliphatic rings. The van der Waals surface area contributed by atoms with Crippen molar-refractivity contribution in [1.29, 1.82) is 0 Å². The Bertz CT molecular complexity index is 691. The molecule has 0 spiro atoms. The third kappa shape index (κ3) is 4.40. The molecule has 25 heavy (non-hydrogen) atoms. The summed E-state index contributed by atoms with van der Waals surface area (Å²) in [6, 6.07) is 6.50. The summed E-state index contributed by atoms with van der Waals surface area (Å²) in [6.07, 6.45) is 3.56. The van der Waals surface area contributed by atoms with E-state index in [4.69, 9.17) is 0 Å². The van der Waals surface area contributed by atoms with Crippen LogP contribution in [0.1, 0.15) is 43.0 Å². The Kier molecular flexibility index (Phi) is 6.98. The number of unbranched alkanes of at least 4 members (excludes halogenated alkanes) is 1. The maximum absolute atomic E-state index is 13.2. The second kappa shape index (κ2) is 8.78. The number of benzene rings is 1. The fraction of sp³-hybridized carbons (Fsp3) is 0.611. The molecule has 1 N–H and O–H groups in total. The summed E-state index contributed by atoms with van der Waals surface area (Å²) in [5.74, 6) is -0.239. The normalized spacial score (nSPS) is 18.4. The van der Waals surface area contributed by atoms with Gasteiger partial charge in [-0.1, -0.05) is 25.5 Å². The highest BCUT2D eigenvalue weighted by Gasteiger charge is 2.37. The van der Waals surface area contributed by atoms with Gasteiger partial charge < -0.3 is 10.2 Å². The summed E-state index contributed by atoms with van der Waals surface area (Å²) in [5.41, 5.74) is 0.260. The first kappa shape index (κ1) is 19.9. The number of carbonyl (C=O) groups excluding carboxylic acids is 1. The van der Waals surface area contributed by atoms with Gasteiger partial charge in [-0.05, 0) is 38.4 Å². The second-order valence-corrected chi connectivity index (χ2v) is 8.40. The van der Waals surface area contributed by atoms with Crippen LogP contribution in [-0.2, 0) is 10.0 Å². The van der Waals surface area contributed by atoms with Gasteiger partial charge in [0, 0.05) is 32.7 Å². The predicted octanol–water partition coefficient (Wildman–Crippen LogP) is 1.93. The van der Waals surface area contributed by atoms with Crippen LogP contribution in [0.25, 0.3) is 0 Å². The molecule has 1 saturated heterocycles. The summed E-state index contributed by atoms with van der Waals surface area (Å²) < 4.78 is 28.0. The molecule has 140 valence electrons. The van der Waals surface area contributed by atoms with Crippen LogP contribution in [0.2, 0.25) is 0 Å². The molecule has 0 radical (unpaired) electrons. The zero-order valence-electron chi connectivity index (χ0n) is 15.4. The number of likely N-dealkylation sites (N-methyl/N-ethyl adjacent to an activating group) is 1. The van der Waals surface area contributed by atoms with Crippen molar-refractivity contribution in [2.24, 2.45) is 0 Å². The van der Waals surface area contributed by atoms with Crippen molar-refractivity contribution in [3.63, 3.8) is 0 Å². The molecular weight excluding hydrogens is 338 g/mol. The van der Waals surface area contributed by atoms with Crippen molar-refractivity contribution in [2.75, 3.05) is 33.7 Å². The summed E-state index contributed by atoms with van der Waals surface area (Å²) >= 11 is 0. The quantitative estimate of drug-likeness (QED) is 0.762. The molecule has 1 fully saturated rings. The van der Waals surface area contributed by atoms with E-state index in [-0.39, 0.29) is 22.4 Å². The van der Waals surface area contributed by atoms with Crippen molar-refractivity contribution in [1.82, 2.24) is 14.5 Å². The van der Waals surface area contributed by atoms with Crippen LogP contribution < -0.4 is 5.32 Å². The van der Waals surface area contributed by atoms with E-state index >= 15 is 0 Å². The van der Waals surface area contributed by atoms with E-state index < -0.39 is 10.0 Å². The van der Waals surface area contributed by atoms with Crippen LogP contribution in [0.3, 0.4) is 0 Å². The standard InChI is InChI=1S/C18H29N3O3S/c1-4-5-12-20(3)18(22)16-10-6-7-11-17(16)25(23,24)21-13-8-9-15(21)14-19-2/h6-7,10-11,15,19H,4-5,8-9,12-14H2,1-3H3. The zero-order valence-corrected chi connectivity index (χ0v) is 16.2. The second-order valence-electron chi connectivity index (χ2n) is 6.55. The van der Waals surface area contributed by atoms with E-state index in [1.54, 1.807) is 40.5 Å². The van der Waals surface area contributed by atoms with Gasteiger partial charge in [0.2, 0.25) is 10.0 Å². The highest BCUT2D eigenvalue weighted by molar-refractivity contribution is 7.89. The van der Waals surface area contributed by atoms with Gasteiger partial charge in [-0.2, -0.15) is 4.31 Å². The maximum Gasteiger partial charge on any atom is 0.254 e. The van der Waals surface area contributed by atoms with Gasteiger partial charge in [-0.3, -0.25) is 4.79 Å². The lowest BCUT2D eigenvalue weighted by atomic mass is 10.2. The summed E-state index contributed by atoms with van der Waals surface area (Å²) in [6.45, 7) is 3.80. The van der Waals surface area contributed by atoms with E-state index in [1.165, 1.54) is 0 Å². The van der Waals surface area contributed by atoms with Crippen LogP contribution in [0.5, 0.6) is 0 Å². The molecule has 1 aliphatic heterocycles. The van der Waals surface area contributed by atoms with Crippen molar-refractivity contribution >= 4 is 15.9 Å². The van der Waals surface area contributed by atoms with E-state index in [0.717, 1.165) is 25.7 Å². The Labute approximate surface area is 151 Å². The van der Waals surface area contributed by atoms with Crippen LogP contribution in [-0.4, -0.2) is 63.3 Å². The predicted molar refractivity (Wildman–Crippen MR) is 99.2 cm³/mol. The van der Waals surface area contributed by atoms with Crippen LogP contribution in [0.15, 0.2) is 29.2 Å². The topological polar surface area (TPSA) is 69.7 Å².